The number of nitrogens with zero attached hydrogens (tertiary/aromatic N) is 1. The lowest BCUT2D eigenvalue weighted by Gasteiger charge is -2.24. The maximum atomic E-state index is 11.4. The predicted molar refractivity (Wildman–Crippen MR) is 44.7 cm³/mol. The van der Waals surface area contributed by atoms with Crippen molar-refractivity contribution in [1.82, 2.24) is 4.31 Å². The molecule has 2 aliphatic heterocycles. The molecule has 5 nitrogen and oxygen atoms in total. The third kappa shape index (κ3) is 1.02. The van der Waals surface area contributed by atoms with Crippen molar-refractivity contribution in [3.63, 3.8) is 0 Å². The Hall–Kier alpha value is -0.620. The standard InChI is InChI=1S/C7H11NO4S/c9-6(10)7-2-1-4-8(7)13(11,12)5-3-7/h1-5H2,(H,9,10). The largest absolute Gasteiger partial charge is 0.480 e. The van der Waals surface area contributed by atoms with E-state index in [0.29, 0.717) is 19.4 Å². The maximum Gasteiger partial charge on any atom is 0.325 e. The van der Waals surface area contributed by atoms with Crippen molar-refractivity contribution < 1.29 is 18.3 Å². The van der Waals surface area contributed by atoms with E-state index in [1.54, 1.807) is 0 Å². The zero-order chi connectivity index (χ0) is 9.69. The molecule has 0 saturated carbocycles. The van der Waals surface area contributed by atoms with Crippen LogP contribution >= 0.6 is 0 Å². The average molecular weight is 205 g/mol. The fraction of sp³-hybridized carbons (Fsp3) is 0.857. The van der Waals surface area contributed by atoms with Crippen LogP contribution < -0.4 is 0 Å². The Kier molecular flexibility index (Phi) is 1.69. The van der Waals surface area contributed by atoms with Crippen LogP contribution in [-0.4, -0.2) is 41.6 Å². The Bertz CT molecular complexity index is 350. The van der Waals surface area contributed by atoms with E-state index in [4.69, 9.17) is 5.11 Å². The summed E-state index contributed by atoms with van der Waals surface area (Å²) in [5.41, 5.74) is -1.10. The van der Waals surface area contributed by atoms with Crippen LogP contribution in [0.25, 0.3) is 0 Å². The van der Waals surface area contributed by atoms with Crippen LogP contribution in [-0.2, 0) is 14.8 Å². The van der Waals surface area contributed by atoms with Gasteiger partial charge in [0.25, 0.3) is 0 Å². The Morgan fingerprint density at radius 1 is 1.38 bits per heavy atom. The van der Waals surface area contributed by atoms with Crippen molar-refractivity contribution in [2.45, 2.75) is 24.8 Å². The van der Waals surface area contributed by atoms with Gasteiger partial charge in [0.1, 0.15) is 5.54 Å². The normalized spacial score (nSPS) is 37.5. The molecule has 0 aromatic carbocycles. The summed E-state index contributed by atoms with van der Waals surface area (Å²) in [6.45, 7) is 0.370. The molecule has 1 N–H and O–H groups in total. The Balaban J connectivity index is 2.46. The highest BCUT2D eigenvalue weighted by Gasteiger charge is 2.57. The van der Waals surface area contributed by atoms with Gasteiger partial charge < -0.3 is 5.11 Å². The SMILES string of the molecule is O=C(O)C12CCCN1S(=O)(=O)CC2. The van der Waals surface area contributed by atoms with Crippen LogP contribution in [0.3, 0.4) is 0 Å². The molecule has 0 radical (unpaired) electrons. The summed E-state index contributed by atoms with van der Waals surface area (Å²) in [5, 5.41) is 9.00. The molecule has 6 heteroatoms. The Labute approximate surface area is 76.4 Å². The number of fused-ring (bicyclic) bond motifs is 1. The average Bonchev–Trinajstić information content (AvgIpc) is 2.53. The molecule has 2 heterocycles. The van der Waals surface area contributed by atoms with E-state index < -0.39 is 21.5 Å². The summed E-state index contributed by atoms with van der Waals surface area (Å²) < 4.78 is 24.0. The molecule has 1 unspecified atom stereocenters. The molecule has 1 atom stereocenters. The van der Waals surface area contributed by atoms with Gasteiger partial charge in [0.15, 0.2) is 0 Å². The quantitative estimate of drug-likeness (QED) is 0.634. The lowest BCUT2D eigenvalue weighted by atomic mass is 9.95. The number of carbonyl (C=O) groups is 1. The van der Waals surface area contributed by atoms with Crippen LogP contribution in [0.1, 0.15) is 19.3 Å². The van der Waals surface area contributed by atoms with Crippen molar-refractivity contribution in [1.29, 1.82) is 0 Å². The number of hydrogen-bond acceptors (Lipinski definition) is 3. The molecule has 2 aliphatic rings. The van der Waals surface area contributed by atoms with E-state index in [1.165, 1.54) is 4.31 Å². The number of rotatable bonds is 1. The highest BCUT2D eigenvalue weighted by Crippen LogP contribution is 2.40. The van der Waals surface area contributed by atoms with Gasteiger partial charge in [0, 0.05) is 6.54 Å². The van der Waals surface area contributed by atoms with E-state index in [9.17, 15) is 13.2 Å². The van der Waals surface area contributed by atoms with E-state index in [-0.39, 0.29) is 12.2 Å². The van der Waals surface area contributed by atoms with E-state index in [2.05, 4.69) is 0 Å². The van der Waals surface area contributed by atoms with E-state index in [0.717, 1.165) is 0 Å². The van der Waals surface area contributed by atoms with Crippen molar-refractivity contribution in [2.24, 2.45) is 0 Å². The van der Waals surface area contributed by atoms with Crippen molar-refractivity contribution in [3.8, 4) is 0 Å². The minimum atomic E-state index is -3.27. The van der Waals surface area contributed by atoms with Crippen LogP contribution in [0.2, 0.25) is 0 Å². The molecule has 74 valence electrons. The van der Waals surface area contributed by atoms with E-state index in [1.807, 2.05) is 0 Å². The molecule has 2 fully saturated rings. The summed E-state index contributed by atoms with van der Waals surface area (Å²) in [6.07, 6.45) is 1.36. The Morgan fingerprint density at radius 3 is 2.62 bits per heavy atom. The second-order valence-electron chi connectivity index (χ2n) is 3.58. The summed E-state index contributed by atoms with van der Waals surface area (Å²) >= 11 is 0. The van der Waals surface area contributed by atoms with Crippen LogP contribution in [0.4, 0.5) is 0 Å². The van der Waals surface area contributed by atoms with Gasteiger partial charge in [-0.3, -0.25) is 4.79 Å². The Morgan fingerprint density at radius 2 is 2.08 bits per heavy atom. The molecule has 0 aliphatic carbocycles. The molecule has 0 aromatic rings. The minimum Gasteiger partial charge on any atom is -0.480 e. The van der Waals surface area contributed by atoms with Crippen LogP contribution in [0, 0.1) is 0 Å². The number of hydrogen-bond donors (Lipinski definition) is 1. The molecule has 2 rings (SSSR count). The smallest absolute Gasteiger partial charge is 0.325 e. The summed E-state index contributed by atoms with van der Waals surface area (Å²) in [6, 6.07) is 0. The van der Waals surface area contributed by atoms with Crippen LogP contribution in [0.15, 0.2) is 0 Å². The first-order valence-electron chi connectivity index (χ1n) is 4.23. The van der Waals surface area contributed by atoms with Gasteiger partial charge in [-0.15, -0.1) is 0 Å². The first-order valence-corrected chi connectivity index (χ1v) is 5.84. The number of carboxylic acid groups (broad SMARTS) is 1. The third-order valence-electron chi connectivity index (χ3n) is 2.94. The first-order chi connectivity index (χ1) is 5.99. The topological polar surface area (TPSA) is 74.7 Å². The summed E-state index contributed by atoms with van der Waals surface area (Å²) in [4.78, 5) is 11.0. The fourth-order valence-electron chi connectivity index (χ4n) is 2.24. The highest BCUT2D eigenvalue weighted by atomic mass is 32.2. The molecule has 0 bridgehead atoms. The van der Waals surface area contributed by atoms with E-state index >= 15 is 0 Å². The third-order valence-corrected chi connectivity index (χ3v) is 4.86. The first kappa shape index (κ1) is 8.96. The molecule has 0 aromatic heterocycles. The van der Waals surface area contributed by atoms with Crippen molar-refractivity contribution in [2.75, 3.05) is 12.3 Å². The number of aliphatic carboxylic acids is 1. The molecule has 0 amide bonds. The molecule has 0 spiro atoms. The van der Waals surface area contributed by atoms with Crippen molar-refractivity contribution in [3.05, 3.63) is 0 Å². The monoisotopic (exact) mass is 205 g/mol. The maximum absolute atomic E-state index is 11.4. The van der Waals surface area contributed by atoms with Gasteiger partial charge >= 0.3 is 5.97 Å². The van der Waals surface area contributed by atoms with Gasteiger partial charge in [-0.25, -0.2) is 8.42 Å². The zero-order valence-corrected chi connectivity index (χ0v) is 7.88. The molecule has 2 saturated heterocycles. The number of carboxylic acids is 1. The minimum absolute atomic E-state index is 0.0146. The van der Waals surface area contributed by atoms with Crippen LogP contribution in [0.5, 0.6) is 0 Å². The second kappa shape index (κ2) is 2.45. The summed E-state index contributed by atoms with van der Waals surface area (Å²) in [5.74, 6) is -1.01. The van der Waals surface area contributed by atoms with Crippen molar-refractivity contribution >= 4 is 16.0 Å². The number of sulfonamides is 1. The van der Waals surface area contributed by atoms with Gasteiger partial charge in [-0.2, -0.15) is 4.31 Å². The predicted octanol–water partition coefficient (Wildman–Crippen LogP) is -0.361. The molecule has 13 heavy (non-hydrogen) atoms. The zero-order valence-electron chi connectivity index (χ0n) is 7.06. The van der Waals surface area contributed by atoms with Gasteiger partial charge in [0.05, 0.1) is 5.75 Å². The lowest BCUT2D eigenvalue weighted by Crippen LogP contribution is -2.46. The van der Waals surface area contributed by atoms with Gasteiger partial charge in [0.2, 0.25) is 10.0 Å². The second-order valence-corrected chi connectivity index (χ2v) is 5.59. The fourth-order valence-corrected chi connectivity index (χ4v) is 4.25. The van der Waals surface area contributed by atoms with Gasteiger partial charge in [-0.1, -0.05) is 0 Å². The highest BCUT2D eigenvalue weighted by molar-refractivity contribution is 7.89. The molecular weight excluding hydrogens is 194 g/mol. The molecular formula is C7H11NO4S. The summed E-state index contributed by atoms with van der Waals surface area (Å²) in [7, 11) is -3.27. The van der Waals surface area contributed by atoms with Gasteiger partial charge in [-0.05, 0) is 19.3 Å². The lowest BCUT2D eigenvalue weighted by molar-refractivity contribution is -0.146.